The van der Waals surface area contributed by atoms with Crippen LogP contribution in [0.1, 0.15) is 10.5 Å². The third-order valence-corrected chi connectivity index (χ3v) is 2.69. The number of H-pyrrole nitrogens is 1. The van der Waals surface area contributed by atoms with E-state index in [1.807, 2.05) is 0 Å². The fourth-order valence-corrected chi connectivity index (χ4v) is 1.79. The van der Waals surface area contributed by atoms with Crippen molar-refractivity contribution in [3.8, 4) is 5.75 Å². The number of aromatic nitrogens is 1. The second kappa shape index (κ2) is 4.69. The lowest BCUT2D eigenvalue weighted by Crippen LogP contribution is -2.12. The maximum Gasteiger partial charge on any atom is 0.272 e. The largest absolute Gasteiger partial charge is 0.505 e. The van der Waals surface area contributed by atoms with Crippen LogP contribution in [0.25, 0.3) is 0 Å². The summed E-state index contributed by atoms with van der Waals surface area (Å²) in [4.78, 5) is 14.5. The van der Waals surface area contributed by atoms with Gasteiger partial charge in [-0.25, -0.2) is 0 Å². The summed E-state index contributed by atoms with van der Waals surface area (Å²) in [5, 5.41) is 12.1. The van der Waals surface area contributed by atoms with Gasteiger partial charge in [0.15, 0.2) is 5.75 Å². The van der Waals surface area contributed by atoms with E-state index in [9.17, 15) is 9.90 Å². The van der Waals surface area contributed by atoms with Crippen LogP contribution in [-0.4, -0.2) is 16.0 Å². The van der Waals surface area contributed by atoms with E-state index >= 15 is 0 Å². The summed E-state index contributed by atoms with van der Waals surface area (Å²) in [6.07, 6.45) is 1.64. The molecule has 2 aromatic rings. The Kier molecular flexibility index (Phi) is 3.26. The van der Waals surface area contributed by atoms with Gasteiger partial charge in [-0.1, -0.05) is 23.2 Å². The van der Waals surface area contributed by atoms with Gasteiger partial charge in [-0.05, 0) is 24.3 Å². The Morgan fingerprint density at radius 3 is 2.47 bits per heavy atom. The second-order valence-corrected chi connectivity index (χ2v) is 4.14. The van der Waals surface area contributed by atoms with Crippen molar-refractivity contribution >= 4 is 34.8 Å². The van der Waals surface area contributed by atoms with E-state index in [2.05, 4.69) is 10.3 Å². The van der Waals surface area contributed by atoms with Crippen LogP contribution in [0.5, 0.6) is 5.75 Å². The molecule has 2 rings (SSSR count). The minimum atomic E-state index is -0.312. The number of benzene rings is 1. The van der Waals surface area contributed by atoms with Crippen LogP contribution in [0.2, 0.25) is 10.0 Å². The zero-order chi connectivity index (χ0) is 12.4. The number of aromatic amines is 1. The highest BCUT2D eigenvalue weighted by Gasteiger charge is 2.10. The molecular weight excluding hydrogens is 263 g/mol. The van der Waals surface area contributed by atoms with E-state index in [0.29, 0.717) is 11.4 Å². The molecule has 1 heterocycles. The molecule has 88 valence electrons. The first-order valence-electron chi connectivity index (χ1n) is 4.70. The third kappa shape index (κ3) is 2.54. The Bertz CT molecular complexity index is 530. The number of anilines is 1. The van der Waals surface area contributed by atoms with Crippen LogP contribution in [0, 0.1) is 0 Å². The van der Waals surface area contributed by atoms with Crippen LogP contribution in [0.15, 0.2) is 30.5 Å². The maximum absolute atomic E-state index is 11.7. The summed E-state index contributed by atoms with van der Waals surface area (Å²) in [5.74, 6) is -0.515. The van der Waals surface area contributed by atoms with Crippen LogP contribution in [0.3, 0.4) is 0 Å². The Balaban J connectivity index is 2.22. The number of hydrogen-bond acceptors (Lipinski definition) is 2. The number of phenols is 1. The Morgan fingerprint density at radius 2 is 1.94 bits per heavy atom. The Hall–Kier alpha value is -1.65. The molecule has 0 unspecified atom stereocenters. The summed E-state index contributed by atoms with van der Waals surface area (Å²) in [5.41, 5.74) is 0.836. The summed E-state index contributed by atoms with van der Waals surface area (Å²) >= 11 is 11.5. The minimum Gasteiger partial charge on any atom is -0.505 e. The average Bonchev–Trinajstić information content (AvgIpc) is 2.79. The van der Waals surface area contributed by atoms with Crippen molar-refractivity contribution in [1.29, 1.82) is 0 Å². The molecule has 0 atom stereocenters. The fourth-order valence-electron chi connectivity index (χ4n) is 1.31. The number of rotatable bonds is 2. The number of nitrogens with one attached hydrogen (secondary N) is 2. The monoisotopic (exact) mass is 270 g/mol. The SMILES string of the molecule is O=C(Nc1cc(Cl)c(O)c(Cl)c1)c1ccc[nH]1. The van der Waals surface area contributed by atoms with Crippen molar-refractivity contribution in [2.24, 2.45) is 0 Å². The zero-order valence-electron chi connectivity index (χ0n) is 8.50. The predicted molar refractivity (Wildman–Crippen MR) is 66.9 cm³/mol. The fraction of sp³-hybridized carbons (Fsp3) is 0. The number of aromatic hydroxyl groups is 1. The maximum atomic E-state index is 11.7. The second-order valence-electron chi connectivity index (χ2n) is 3.33. The van der Waals surface area contributed by atoms with Gasteiger partial charge >= 0.3 is 0 Å². The number of carbonyl (C=O) groups is 1. The van der Waals surface area contributed by atoms with E-state index in [4.69, 9.17) is 23.2 Å². The molecule has 3 N–H and O–H groups in total. The van der Waals surface area contributed by atoms with Crippen molar-refractivity contribution < 1.29 is 9.90 Å². The lowest BCUT2D eigenvalue weighted by atomic mass is 10.3. The first-order valence-corrected chi connectivity index (χ1v) is 5.46. The third-order valence-electron chi connectivity index (χ3n) is 2.12. The van der Waals surface area contributed by atoms with Crippen molar-refractivity contribution in [1.82, 2.24) is 4.98 Å². The van der Waals surface area contributed by atoms with E-state index < -0.39 is 0 Å². The molecule has 4 nitrogen and oxygen atoms in total. The number of hydrogen-bond donors (Lipinski definition) is 3. The van der Waals surface area contributed by atoms with Crippen LogP contribution >= 0.6 is 23.2 Å². The van der Waals surface area contributed by atoms with E-state index in [1.54, 1.807) is 18.3 Å². The molecule has 0 fully saturated rings. The standard InChI is InChI=1S/C11H8Cl2N2O2/c12-7-4-6(5-8(13)10(7)16)15-11(17)9-2-1-3-14-9/h1-5,14,16H,(H,15,17). The number of phenolic OH excluding ortho intramolecular Hbond substituents is 1. The van der Waals surface area contributed by atoms with Crippen molar-refractivity contribution in [2.45, 2.75) is 0 Å². The lowest BCUT2D eigenvalue weighted by Gasteiger charge is -2.06. The van der Waals surface area contributed by atoms with Gasteiger partial charge in [-0.2, -0.15) is 0 Å². The Morgan fingerprint density at radius 1 is 1.29 bits per heavy atom. The van der Waals surface area contributed by atoms with Gasteiger partial charge in [-0.3, -0.25) is 4.79 Å². The van der Waals surface area contributed by atoms with Gasteiger partial charge in [0, 0.05) is 11.9 Å². The predicted octanol–water partition coefficient (Wildman–Crippen LogP) is 3.28. The highest BCUT2D eigenvalue weighted by atomic mass is 35.5. The summed E-state index contributed by atoms with van der Waals surface area (Å²) in [6.45, 7) is 0. The van der Waals surface area contributed by atoms with E-state index in [0.717, 1.165) is 0 Å². The molecule has 0 aliphatic rings. The van der Waals surface area contributed by atoms with E-state index in [-0.39, 0.29) is 21.7 Å². The molecule has 0 aliphatic carbocycles. The summed E-state index contributed by atoms with van der Waals surface area (Å²) in [6, 6.07) is 6.19. The van der Waals surface area contributed by atoms with Gasteiger partial charge in [-0.15, -0.1) is 0 Å². The Labute approximate surface area is 107 Å². The normalized spacial score (nSPS) is 10.2. The number of amides is 1. The quantitative estimate of drug-likeness (QED) is 0.734. The number of carbonyl (C=O) groups excluding carboxylic acids is 1. The number of halogens is 2. The molecule has 17 heavy (non-hydrogen) atoms. The topological polar surface area (TPSA) is 65.1 Å². The molecule has 0 spiro atoms. The highest BCUT2D eigenvalue weighted by molar-refractivity contribution is 6.37. The van der Waals surface area contributed by atoms with Gasteiger partial charge in [0.05, 0.1) is 10.0 Å². The highest BCUT2D eigenvalue weighted by Crippen LogP contribution is 2.34. The van der Waals surface area contributed by atoms with Gasteiger partial charge < -0.3 is 15.4 Å². The molecule has 1 aromatic carbocycles. The van der Waals surface area contributed by atoms with Gasteiger partial charge in [0.1, 0.15) is 5.69 Å². The molecule has 0 saturated heterocycles. The summed E-state index contributed by atoms with van der Waals surface area (Å²) in [7, 11) is 0. The van der Waals surface area contributed by atoms with Crippen molar-refractivity contribution in [2.75, 3.05) is 5.32 Å². The van der Waals surface area contributed by atoms with Crippen LogP contribution < -0.4 is 5.32 Å². The van der Waals surface area contributed by atoms with Crippen LogP contribution in [-0.2, 0) is 0 Å². The van der Waals surface area contributed by atoms with Crippen molar-refractivity contribution in [3.63, 3.8) is 0 Å². The van der Waals surface area contributed by atoms with Crippen LogP contribution in [0.4, 0.5) is 5.69 Å². The molecule has 0 aliphatic heterocycles. The molecule has 1 amide bonds. The molecule has 6 heteroatoms. The van der Waals surface area contributed by atoms with E-state index in [1.165, 1.54) is 12.1 Å². The first-order chi connectivity index (χ1) is 8.08. The van der Waals surface area contributed by atoms with Crippen molar-refractivity contribution in [3.05, 3.63) is 46.2 Å². The molecular formula is C11H8Cl2N2O2. The molecule has 0 bridgehead atoms. The molecule has 0 saturated carbocycles. The van der Waals surface area contributed by atoms with Gasteiger partial charge in [0.2, 0.25) is 0 Å². The molecule has 0 radical (unpaired) electrons. The summed E-state index contributed by atoms with van der Waals surface area (Å²) < 4.78 is 0. The molecule has 1 aromatic heterocycles. The van der Waals surface area contributed by atoms with Gasteiger partial charge in [0.25, 0.3) is 5.91 Å². The average molecular weight is 271 g/mol. The minimum absolute atomic E-state index is 0.0827. The zero-order valence-corrected chi connectivity index (χ0v) is 10.0. The first kappa shape index (κ1) is 11.8. The lowest BCUT2D eigenvalue weighted by molar-refractivity contribution is 0.102. The smallest absolute Gasteiger partial charge is 0.272 e.